The second kappa shape index (κ2) is 9.49. The van der Waals surface area contributed by atoms with Gasteiger partial charge in [-0.1, -0.05) is 23.8 Å². The van der Waals surface area contributed by atoms with Gasteiger partial charge < -0.3 is 19.5 Å². The lowest BCUT2D eigenvalue weighted by Gasteiger charge is -2.18. The summed E-state index contributed by atoms with van der Waals surface area (Å²) in [5.41, 5.74) is 3.39. The number of hydrogen-bond donors (Lipinski definition) is 1. The van der Waals surface area contributed by atoms with E-state index in [9.17, 15) is 4.79 Å². The predicted octanol–water partition coefficient (Wildman–Crippen LogP) is 3.82. The van der Waals surface area contributed by atoms with Gasteiger partial charge in [-0.3, -0.25) is 9.69 Å². The van der Waals surface area contributed by atoms with E-state index in [1.54, 1.807) is 18.1 Å². The van der Waals surface area contributed by atoms with Crippen LogP contribution in [0.25, 0.3) is 6.08 Å². The zero-order chi connectivity index (χ0) is 21.8. The molecule has 162 valence electrons. The fourth-order valence-corrected chi connectivity index (χ4v) is 3.96. The Labute approximate surface area is 187 Å². The Balaban J connectivity index is 1.49. The van der Waals surface area contributed by atoms with Gasteiger partial charge in [0.2, 0.25) is 0 Å². The summed E-state index contributed by atoms with van der Waals surface area (Å²) in [6, 6.07) is 13.6. The molecule has 4 rings (SSSR count). The number of amides is 1. The van der Waals surface area contributed by atoms with E-state index >= 15 is 0 Å². The predicted molar refractivity (Wildman–Crippen MR) is 123 cm³/mol. The lowest BCUT2D eigenvalue weighted by atomic mass is 10.1. The highest BCUT2D eigenvalue weighted by Gasteiger charge is 2.33. The molecule has 2 fully saturated rings. The summed E-state index contributed by atoms with van der Waals surface area (Å²) < 4.78 is 17.0. The lowest BCUT2D eigenvalue weighted by molar-refractivity contribution is -0.123. The highest BCUT2D eigenvalue weighted by atomic mass is 32.1. The SMILES string of the molecule is COc1ccc(/C=C2/NC(=S)N(CC3CCCO3)C2=O)cc1COc1ccc(C)cc1. The van der Waals surface area contributed by atoms with Gasteiger partial charge in [-0.15, -0.1) is 0 Å². The van der Waals surface area contributed by atoms with Gasteiger partial charge in [-0.05, 0) is 67.9 Å². The Morgan fingerprint density at radius 2 is 2.06 bits per heavy atom. The van der Waals surface area contributed by atoms with Crippen LogP contribution in [0.2, 0.25) is 0 Å². The van der Waals surface area contributed by atoms with Gasteiger partial charge in [0.15, 0.2) is 5.11 Å². The number of benzene rings is 2. The van der Waals surface area contributed by atoms with Gasteiger partial charge in [0.05, 0.1) is 19.8 Å². The summed E-state index contributed by atoms with van der Waals surface area (Å²) in [4.78, 5) is 14.4. The van der Waals surface area contributed by atoms with Crippen LogP contribution in [0.5, 0.6) is 11.5 Å². The fourth-order valence-electron chi connectivity index (χ4n) is 3.69. The van der Waals surface area contributed by atoms with Gasteiger partial charge in [0.1, 0.15) is 23.8 Å². The van der Waals surface area contributed by atoms with E-state index in [4.69, 9.17) is 26.4 Å². The maximum atomic E-state index is 12.9. The molecule has 31 heavy (non-hydrogen) atoms. The number of nitrogens with zero attached hydrogens (tertiary/aromatic N) is 1. The Hall–Kier alpha value is -2.90. The van der Waals surface area contributed by atoms with Crippen molar-refractivity contribution in [2.75, 3.05) is 20.3 Å². The van der Waals surface area contributed by atoms with Crippen LogP contribution in [-0.2, 0) is 16.1 Å². The summed E-state index contributed by atoms with van der Waals surface area (Å²) in [6.45, 7) is 3.62. The highest BCUT2D eigenvalue weighted by molar-refractivity contribution is 7.80. The minimum atomic E-state index is -0.131. The summed E-state index contributed by atoms with van der Waals surface area (Å²) in [7, 11) is 1.63. The molecule has 0 aromatic heterocycles. The van der Waals surface area contributed by atoms with E-state index in [-0.39, 0.29) is 12.0 Å². The Kier molecular flexibility index (Phi) is 6.53. The van der Waals surface area contributed by atoms with Crippen LogP contribution in [0.1, 0.15) is 29.5 Å². The van der Waals surface area contributed by atoms with E-state index in [1.165, 1.54) is 5.56 Å². The number of carbonyl (C=O) groups excluding carboxylic acids is 1. The molecule has 2 aliphatic rings. The minimum absolute atomic E-state index is 0.0505. The maximum absolute atomic E-state index is 12.9. The van der Waals surface area contributed by atoms with Crippen molar-refractivity contribution < 1.29 is 19.0 Å². The van der Waals surface area contributed by atoms with Crippen molar-refractivity contribution in [2.24, 2.45) is 0 Å². The molecule has 2 aromatic carbocycles. The quantitative estimate of drug-likeness (QED) is 0.524. The second-order valence-electron chi connectivity index (χ2n) is 7.71. The molecule has 2 heterocycles. The van der Waals surface area contributed by atoms with Crippen LogP contribution in [0, 0.1) is 6.92 Å². The molecular formula is C24H26N2O4S. The number of carbonyl (C=O) groups is 1. The molecule has 7 heteroatoms. The average molecular weight is 439 g/mol. The van der Waals surface area contributed by atoms with Crippen molar-refractivity contribution in [3.05, 3.63) is 64.9 Å². The molecular weight excluding hydrogens is 412 g/mol. The number of ether oxygens (including phenoxy) is 3. The molecule has 2 aliphatic heterocycles. The van der Waals surface area contributed by atoms with E-state index in [0.29, 0.717) is 24.0 Å². The molecule has 0 spiro atoms. The van der Waals surface area contributed by atoms with Crippen molar-refractivity contribution >= 4 is 29.3 Å². The largest absolute Gasteiger partial charge is 0.496 e. The molecule has 2 aromatic rings. The summed E-state index contributed by atoms with van der Waals surface area (Å²) in [6.07, 6.45) is 3.83. The third-order valence-corrected chi connectivity index (χ3v) is 5.73. The Morgan fingerprint density at radius 3 is 2.77 bits per heavy atom. The molecule has 1 amide bonds. The molecule has 2 saturated heterocycles. The Morgan fingerprint density at radius 1 is 1.26 bits per heavy atom. The zero-order valence-electron chi connectivity index (χ0n) is 17.7. The molecule has 0 bridgehead atoms. The standard InChI is InChI=1S/C24H26N2O4S/c1-16-5-8-19(9-6-16)30-15-18-12-17(7-10-22(18)28-2)13-21-23(27)26(24(31)25-21)14-20-4-3-11-29-20/h5-10,12-13,20H,3-4,11,14-15H2,1-2H3,(H,25,31)/b21-13+. The van der Waals surface area contributed by atoms with Gasteiger partial charge in [0.25, 0.3) is 5.91 Å². The van der Waals surface area contributed by atoms with Crippen LogP contribution in [0.15, 0.2) is 48.2 Å². The summed E-state index contributed by atoms with van der Waals surface area (Å²) in [5.74, 6) is 1.39. The number of nitrogens with one attached hydrogen (secondary N) is 1. The van der Waals surface area contributed by atoms with Crippen molar-refractivity contribution in [1.82, 2.24) is 10.2 Å². The smallest absolute Gasteiger partial charge is 0.276 e. The number of hydrogen-bond acceptors (Lipinski definition) is 5. The number of thiocarbonyl (C=S) groups is 1. The minimum Gasteiger partial charge on any atom is -0.496 e. The number of rotatable bonds is 7. The monoisotopic (exact) mass is 438 g/mol. The van der Waals surface area contributed by atoms with E-state index in [0.717, 1.165) is 42.1 Å². The van der Waals surface area contributed by atoms with Gasteiger partial charge in [-0.25, -0.2) is 0 Å². The van der Waals surface area contributed by atoms with E-state index in [2.05, 4.69) is 5.32 Å². The lowest BCUT2D eigenvalue weighted by Crippen LogP contribution is -2.37. The van der Waals surface area contributed by atoms with Crippen LogP contribution in [0.4, 0.5) is 0 Å². The summed E-state index contributed by atoms with van der Waals surface area (Å²) in [5, 5.41) is 3.46. The van der Waals surface area contributed by atoms with Crippen molar-refractivity contribution in [2.45, 2.75) is 32.5 Å². The first-order chi connectivity index (χ1) is 15.0. The van der Waals surface area contributed by atoms with Crippen molar-refractivity contribution in [3.63, 3.8) is 0 Å². The molecule has 6 nitrogen and oxygen atoms in total. The highest BCUT2D eigenvalue weighted by Crippen LogP contribution is 2.25. The topological polar surface area (TPSA) is 60.0 Å². The van der Waals surface area contributed by atoms with Crippen molar-refractivity contribution in [3.8, 4) is 11.5 Å². The van der Waals surface area contributed by atoms with Crippen LogP contribution in [-0.4, -0.2) is 42.3 Å². The molecule has 1 unspecified atom stereocenters. The fraction of sp³-hybridized carbons (Fsp3) is 0.333. The van der Waals surface area contributed by atoms with E-state index < -0.39 is 0 Å². The third-order valence-electron chi connectivity index (χ3n) is 5.40. The van der Waals surface area contributed by atoms with Crippen LogP contribution in [0.3, 0.4) is 0 Å². The molecule has 1 N–H and O–H groups in total. The molecule has 1 atom stereocenters. The Bertz CT molecular complexity index is 997. The van der Waals surface area contributed by atoms with Gasteiger partial charge in [-0.2, -0.15) is 0 Å². The first kappa shape index (κ1) is 21.3. The zero-order valence-corrected chi connectivity index (χ0v) is 18.5. The first-order valence-electron chi connectivity index (χ1n) is 10.4. The second-order valence-corrected chi connectivity index (χ2v) is 8.10. The maximum Gasteiger partial charge on any atom is 0.276 e. The molecule has 0 saturated carbocycles. The normalized spacial score (nSPS) is 19.7. The van der Waals surface area contributed by atoms with Gasteiger partial charge >= 0.3 is 0 Å². The van der Waals surface area contributed by atoms with Crippen LogP contribution < -0.4 is 14.8 Å². The average Bonchev–Trinajstić information content (AvgIpc) is 3.38. The van der Waals surface area contributed by atoms with E-state index in [1.807, 2.05) is 49.4 Å². The van der Waals surface area contributed by atoms with Gasteiger partial charge in [0, 0.05) is 12.2 Å². The number of aryl methyl sites for hydroxylation is 1. The first-order valence-corrected chi connectivity index (χ1v) is 10.8. The molecule has 0 aliphatic carbocycles. The number of methoxy groups -OCH3 is 1. The summed E-state index contributed by atoms with van der Waals surface area (Å²) >= 11 is 5.37. The van der Waals surface area contributed by atoms with Crippen LogP contribution >= 0.6 is 12.2 Å². The van der Waals surface area contributed by atoms with Crippen molar-refractivity contribution in [1.29, 1.82) is 0 Å². The third kappa shape index (κ3) is 5.06. The molecule has 0 radical (unpaired) electrons.